The summed E-state index contributed by atoms with van der Waals surface area (Å²) in [5, 5.41) is 0. The molecular formula is C15H25NO6S. The third-order valence-corrected chi connectivity index (χ3v) is 3.26. The van der Waals surface area contributed by atoms with Crippen molar-refractivity contribution in [3.63, 3.8) is 0 Å². The summed E-state index contributed by atoms with van der Waals surface area (Å²) in [6.07, 6.45) is 6.20. The van der Waals surface area contributed by atoms with Crippen LogP contribution in [-0.2, 0) is 35.2 Å². The topological polar surface area (TPSA) is 105 Å². The molecule has 0 aromatic carbocycles. The largest absolute Gasteiger partial charge is 0.593 e. The van der Waals surface area contributed by atoms with Crippen molar-refractivity contribution < 1.29 is 28.4 Å². The first-order valence-electron chi connectivity index (χ1n) is 7.50. The molecular weight excluding hydrogens is 322 g/mol. The normalized spacial score (nSPS) is 11.4. The molecule has 1 unspecified atom stereocenters. The number of ether oxygens (including phenoxy) is 2. The van der Waals surface area contributed by atoms with Crippen molar-refractivity contribution in [3.05, 3.63) is 12.2 Å². The van der Waals surface area contributed by atoms with Gasteiger partial charge in [0.1, 0.15) is 6.26 Å². The molecule has 0 saturated heterocycles. The number of amides is 1. The highest BCUT2D eigenvalue weighted by molar-refractivity contribution is 7.89. The summed E-state index contributed by atoms with van der Waals surface area (Å²) in [6, 6.07) is 0. The van der Waals surface area contributed by atoms with Crippen molar-refractivity contribution in [1.29, 1.82) is 0 Å². The van der Waals surface area contributed by atoms with Crippen molar-refractivity contribution in [2.24, 2.45) is 0 Å². The van der Waals surface area contributed by atoms with Crippen molar-refractivity contribution in [2.45, 2.75) is 45.4 Å². The predicted octanol–water partition coefficient (Wildman–Crippen LogP) is 1.40. The Hall–Kier alpha value is -1.54. The number of rotatable bonds is 12. The molecule has 0 aliphatic heterocycles. The van der Waals surface area contributed by atoms with Crippen LogP contribution < -0.4 is 4.72 Å². The van der Waals surface area contributed by atoms with Crippen LogP contribution >= 0.6 is 0 Å². The molecule has 0 spiro atoms. The third-order valence-electron chi connectivity index (χ3n) is 2.75. The monoisotopic (exact) mass is 347 g/mol. The number of hydrogen-bond acceptors (Lipinski definition) is 6. The number of esters is 2. The van der Waals surface area contributed by atoms with E-state index in [1.165, 1.54) is 6.26 Å². The SMILES string of the molecule is C=C(CC(=O)OCCCCCCC)C(=O)OCC(=O)N[S+](C)[O-]. The fourth-order valence-corrected chi connectivity index (χ4v) is 1.99. The molecule has 0 fully saturated rings. The van der Waals surface area contributed by atoms with E-state index in [-0.39, 0.29) is 12.0 Å². The maximum atomic E-state index is 11.5. The van der Waals surface area contributed by atoms with Crippen molar-refractivity contribution in [2.75, 3.05) is 19.5 Å². The molecule has 0 aromatic rings. The van der Waals surface area contributed by atoms with Gasteiger partial charge in [-0.2, -0.15) is 4.72 Å². The Bertz CT molecular complexity index is 411. The van der Waals surface area contributed by atoms with E-state index >= 15 is 0 Å². The summed E-state index contributed by atoms with van der Waals surface area (Å²) < 4.78 is 22.4. The number of carbonyl (C=O) groups is 3. The average Bonchev–Trinajstić information content (AvgIpc) is 2.47. The lowest BCUT2D eigenvalue weighted by atomic mass is 10.2. The van der Waals surface area contributed by atoms with Gasteiger partial charge in [-0.15, -0.1) is 0 Å². The second kappa shape index (κ2) is 13.0. The quantitative estimate of drug-likeness (QED) is 0.248. The molecule has 132 valence electrons. The second-order valence-electron chi connectivity index (χ2n) is 4.97. The first-order valence-corrected chi connectivity index (χ1v) is 9.06. The standard InChI is InChI=1S/C15H25NO6S/c1-4-5-6-7-8-9-21-14(18)10-12(2)15(19)22-11-13(17)16-23(3)20/h2,4-11H2,1,3H3,(H,16,17). The van der Waals surface area contributed by atoms with Crippen LogP contribution in [0.1, 0.15) is 45.4 Å². The van der Waals surface area contributed by atoms with Crippen LogP contribution in [0, 0.1) is 0 Å². The fraction of sp³-hybridized carbons (Fsp3) is 0.667. The zero-order valence-corrected chi connectivity index (χ0v) is 14.5. The molecule has 1 amide bonds. The fourth-order valence-electron chi connectivity index (χ4n) is 1.61. The zero-order valence-electron chi connectivity index (χ0n) is 13.7. The van der Waals surface area contributed by atoms with Gasteiger partial charge in [0.2, 0.25) is 0 Å². The minimum absolute atomic E-state index is 0.0913. The van der Waals surface area contributed by atoms with E-state index in [2.05, 4.69) is 23.0 Å². The van der Waals surface area contributed by atoms with Crippen molar-refractivity contribution in [1.82, 2.24) is 4.72 Å². The summed E-state index contributed by atoms with van der Waals surface area (Å²) in [5.74, 6) is -2.11. The van der Waals surface area contributed by atoms with Crippen molar-refractivity contribution >= 4 is 29.2 Å². The minimum atomic E-state index is -1.52. The molecule has 0 saturated carbocycles. The highest BCUT2D eigenvalue weighted by Crippen LogP contribution is 2.06. The van der Waals surface area contributed by atoms with Gasteiger partial charge in [-0.05, 0) is 6.42 Å². The number of unbranched alkanes of at least 4 members (excludes halogenated alkanes) is 4. The summed E-state index contributed by atoms with van der Waals surface area (Å²) in [5.41, 5.74) is -0.0913. The van der Waals surface area contributed by atoms with Gasteiger partial charge >= 0.3 is 11.9 Å². The van der Waals surface area contributed by atoms with E-state index in [1.54, 1.807) is 0 Å². The highest BCUT2D eigenvalue weighted by atomic mass is 32.2. The molecule has 23 heavy (non-hydrogen) atoms. The summed E-state index contributed by atoms with van der Waals surface area (Å²) in [6.45, 7) is 5.29. The third kappa shape index (κ3) is 12.7. The molecule has 0 radical (unpaired) electrons. The van der Waals surface area contributed by atoms with Gasteiger partial charge in [0.15, 0.2) is 6.61 Å². The van der Waals surface area contributed by atoms with E-state index < -0.39 is 35.8 Å². The van der Waals surface area contributed by atoms with Gasteiger partial charge in [-0.3, -0.25) is 9.59 Å². The van der Waals surface area contributed by atoms with Gasteiger partial charge < -0.3 is 14.0 Å². The summed E-state index contributed by atoms with van der Waals surface area (Å²) in [4.78, 5) is 34.2. The number of carbonyl (C=O) groups excluding carboxylic acids is 3. The summed E-state index contributed by atoms with van der Waals surface area (Å²) in [7, 11) is 0. The van der Waals surface area contributed by atoms with Crippen LogP contribution in [0.2, 0.25) is 0 Å². The molecule has 7 nitrogen and oxygen atoms in total. The molecule has 0 aliphatic carbocycles. The maximum absolute atomic E-state index is 11.5. The van der Waals surface area contributed by atoms with Crippen LogP contribution in [-0.4, -0.2) is 41.9 Å². The van der Waals surface area contributed by atoms with Crippen LogP contribution in [0.3, 0.4) is 0 Å². The van der Waals surface area contributed by atoms with Crippen molar-refractivity contribution in [3.8, 4) is 0 Å². The van der Waals surface area contributed by atoms with Crippen LogP contribution in [0.25, 0.3) is 0 Å². The Morgan fingerprint density at radius 3 is 2.39 bits per heavy atom. The minimum Gasteiger partial charge on any atom is -0.593 e. The molecule has 0 heterocycles. The first-order chi connectivity index (χ1) is 10.9. The van der Waals surface area contributed by atoms with Gasteiger partial charge in [0, 0.05) is 5.57 Å². The molecule has 0 bridgehead atoms. The molecule has 0 aromatic heterocycles. The van der Waals surface area contributed by atoms with E-state index in [1.807, 2.05) is 0 Å². The zero-order chi connectivity index (χ0) is 17.7. The smallest absolute Gasteiger partial charge is 0.334 e. The lowest BCUT2D eigenvalue weighted by Crippen LogP contribution is -2.33. The average molecular weight is 347 g/mol. The van der Waals surface area contributed by atoms with Gasteiger partial charge in [0.25, 0.3) is 5.91 Å². The van der Waals surface area contributed by atoms with Gasteiger partial charge in [-0.1, -0.05) is 39.2 Å². The van der Waals surface area contributed by atoms with Crippen LogP contribution in [0.15, 0.2) is 12.2 Å². The number of nitrogens with one attached hydrogen (secondary N) is 1. The predicted molar refractivity (Wildman–Crippen MR) is 86.6 cm³/mol. The first kappa shape index (κ1) is 21.5. The second-order valence-corrected chi connectivity index (χ2v) is 6.08. The molecule has 0 aliphatic rings. The Balaban J connectivity index is 3.83. The summed E-state index contributed by atoms with van der Waals surface area (Å²) >= 11 is -1.52. The Labute approximate surface area is 140 Å². The van der Waals surface area contributed by atoms with Gasteiger partial charge in [-0.25, -0.2) is 4.79 Å². The van der Waals surface area contributed by atoms with E-state index in [0.29, 0.717) is 6.61 Å². The molecule has 8 heteroatoms. The Morgan fingerprint density at radius 2 is 1.78 bits per heavy atom. The Kier molecular flexibility index (Phi) is 12.1. The maximum Gasteiger partial charge on any atom is 0.334 e. The Morgan fingerprint density at radius 1 is 1.13 bits per heavy atom. The van der Waals surface area contributed by atoms with E-state index in [9.17, 15) is 18.9 Å². The molecule has 0 rings (SSSR count). The molecule has 1 N–H and O–H groups in total. The van der Waals surface area contributed by atoms with Crippen LogP contribution in [0.4, 0.5) is 0 Å². The van der Waals surface area contributed by atoms with E-state index in [4.69, 9.17) is 4.74 Å². The highest BCUT2D eigenvalue weighted by Gasteiger charge is 2.16. The van der Waals surface area contributed by atoms with Gasteiger partial charge in [0.05, 0.1) is 24.4 Å². The number of hydrogen-bond donors (Lipinski definition) is 1. The lowest BCUT2D eigenvalue weighted by molar-refractivity contribution is -0.147. The van der Waals surface area contributed by atoms with E-state index in [0.717, 1.165) is 32.1 Å². The molecule has 1 atom stereocenters. The lowest BCUT2D eigenvalue weighted by Gasteiger charge is -2.08. The van der Waals surface area contributed by atoms with Crippen LogP contribution in [0.5, 0.6) is 0 Å².